The molecule has 2 aromatic heterocycles. The molecule has 148 valence electrons. The zero-order valence-electron chi connectivity index (χ0n) is 16.3. The van der Waals surface area contributed by atoms with Gasteiger partial charge in [0.1, 0.15) is 0 Å². The van der Waals surface area contributed by atoms with E-state index < -0.39 is 10.0 Å². The molecule has 0 unspecified atom stereocenters. The van der Waals surface area contributed by atoms with Gasteiger partial charge in [-0.2, -0.15) is 11.3 Å². The highest BCUT2D eigenvalue weighted by atomic mass is 32.2. The molecule has 0 fully saturated rings. The Balaban J connectivity index is 1.94. The van der Waals surface area contributed by atoms with E-state index in [2.05, 4.69) is 0 Å². The van der Waals surface area contributed by atoms with Crippen molar-refractivity contribution in [1.29, 1.82) is 0 Å². The molecular formula is C25H19NO2S2. The van der Waals surface area contributed by atoms with Crippen LogP contribution in [-0.4, -0.2) is 12.4 Å². The molecule has 0 saturated carbocycles. The minimum atomic E-state index is -3.80. The van der Waals surface area contributed by atoms with Crippen LogP contribution in [0.25, 0.3) is 33.3 Å². The molecule has 5 aromatic rings. The molecule has 0 aliphatic carbocycles. The summed E-state index contributed by atoms with van der Waals surface area (Å²) in [5, 5.41) is 4.90. The second-order valence-electron chi connectivity index (χ2n) is 7.20. The van der Waals surface area contributed by atoms with Crippen LogP contribution in [0.15, 0.2) is 101 Å². The summed E-state index contributed by atoms with van der Waals surface area (Å²) in [7, 11) is -3.80. The summed E-state index contributed by atoms with van der Waals surface area (Å²) < 4.78 is 29.3. The molecule has 2 heterocycles. The zero-order chi connectivity index (χ0) is 20.7. The molecule has 30 heavy (non-hydrogen) atoms. The third-order valence-electron chi connectivity index (χ3n) is 5.25. The first kappa shape index (κ1) is 18.9. The van der Waals surface area contributed by atoms with Crippen LogP contribution in [0.2, 0.25) is 0 Å². The van der Waals surface area contributed by atoms with E-state index in [0.29, 0.717) is 11.2 Å². The molecule has 5 rings (SSSR count). The zero-order valence-corrected chi connectivity index (χ0v) is 18.0. The Labute approximate surface area is 179 Å². The predicted octanol–water partition coefficient (Wildman–Crippen LogP) is 6.58. The fourth-order valence-electron chi connectivity index (χ4n) is 3.83. The average Bonchev–Trinajstić information content (AvgIpc) is 3.41. The normalized spacial score (nSPS) is 11.8. The number of rotatable bonds is 4. The molecule has 0 spiro atoms. The van der Waals surface area contributed by atoms with E-state index >= 15 is 0 Å². The maximum absolute atomic E-state index is 13.9. The molecule has 0 bridgehead atoms. The smallest absolute Gasteiger partial charge is 0.233 e. The van der Waals surface area contributed by atoms with E-state index in [1.54, 1.807) is 23.5 Å². The number of hydrogen-bond acceptors (Lipinski definition) is 3. The highest BCUT2D eigenvalue weighted by Crippen LogP contribution is 2.43. The average molecular weight is 430 g/mol. The van der Waals surface area contributed by atoms with Gasteiger partial charge in [0.15, 0.2) is 0 Å². The lowest BCUT2D eigenvalue weighted by molar-refractivity contribution is 0.589. The Kier molecular flexibility index (Phi) is 4.57. The van der Waals surface area contributed by atoms with Gasteiger partial charge in [-0.05, 0) is 42.1 Å². The van der Waals surface area contributed by atoms with E-state index in [9.17, 15) is 8.42 Å². The third-order valence-corrected chi connectivity index (χ3v) is 7.66. The molecule has 0 N–H and O–H groups in total. The summed E-state index contributed by atoms with van der Waals surface area (Å²) >= 11 is 1.56. The highest BCUT2D eigenvalue weighted by molar-refractivity contribution is 7.90. The largest absolute Gasteiger partial charge is 0.268 e. The standard InChI is InChI=1S/C25H19NO2S2/c1-18-11-13-21(14-12-18)30(27,28)26-23-10-6-5-9-22(23)24(19-7-3-2-4-8-19)25(26)20-15-16-29-17-20/h2-17H,1H3. The maximum Gasteiger partial charge on any atom is 0.268 e. The summed E-state index contributed by atoms with van der Waals surface area (Å²) in [4.78, 5) is 0.282. The summed E-state index contributed by atoms with van der Waals surface area (Å²) in [6.45, 7) is 1.95. The monoisotopic (exact) mass is 429 g/mol. The van der Waals surface area contributed by atoms with Crippen LogP contribution >= 0.6 is 11.3 Å². The summed E-state index contributed by atoms with van der Waals surface area (Å²) in [5.41, 5.74) is 5.22. The van der Waals surface area contributed by atoms with Gasteiger partial charge >= 0.3 is 0 Å². The van der Waals surface area contributed by atoms with E-state index in [-0.39, 0.29) is 4.90 Å². The van der Waals surface area contributed by atoms with Gasteiger partial charge in [0.2, 0.25) is 0 Å². The molecule has 0 aliphatic rings. The maximum atomic E-state index is 13.9. The lowest BCUT2D eigenvalue weighted by atomic mass is 10.00. The van der Waals surface area contributed by atoms with Gasteiger partial charge in [0.05, 0.1) is 16.1 Å². The minimum Gasteiger partial charge on any atom is -0.233 e. The first-order chi connectivity index (χ1) is 14.6. The summed E-state index contributed by atoms with van der Waals surface area (Å²) in [6.07, 6.45) is 0. The van der Waals surface area contributed by atoms with Gasteiger partial charge in [-0.15, -0.1) is 0 Å². The fraction of sp³-hybridized carbons (Fsp3) is 0.0400. The number of benzene rings is 3. The van der Waals surface area contributed by atoms with Crippen LogP contribution in [0, 0.1) is 6.92 Å². The topological polar surface area (TPSA) is 39.1 Å². The molecule has 0 amide bonds. The fourth-order valence-corrected chi connectivity index (χ4v) is 6.02. The molecule has 0 aliphatic heterocycles. The van der Waals surface area contributed by atoms with Gasteiger partial charge < -0.3 is 0 Å². The van der Waals surface area contributed by atoms with Gasteiger partial charge in [-0.1, -0.05) is 66.2 Å². The lowest BCUT2D eigenvalue weighted by Crippen LogP contribution is -2.14. The number of nitrogens with zero attached hydrogens (tertiary/aromatic N) is 1. The van der Waals surface area contributed by atoms with Crippen molar-refractivity contribution in [1.82, 2.24) is 3.97 Å². The van der Waals surface area contributed by atoms with Crippen LogP contribution in [0.4, 0.5) is 0 Å². The molecule has 0 radical (unpaired) electrons. The van der Waals surface area contributed by atoms with Gasteiger partial charge in [-0.3, -0.25) is 0 Å². The van der Waals surface area contributed by atoms with Crippen molar-refractivity contribution in [2.24, 2.45) is 0 Å². The molecule has 0 atom stereocenters. The first-order valence-electron chi connectivity index (χ1n) is 9.61. The number of fused-ring (bicyclic) bond motifs is 1. The number of para-hydroxylation sites is 1. The minimum absolute atomic E-state index is 0.282. The van der Waals surface area contributed by atoms with Crippen LogP contribution < -0.4 is 0 Å². The third kappa shape index (κ3) is 2.98. The molecule has 0 saturated heterocycles. The quantitative estimate of drug-likeness (QED) is 0.324. The van der Waals surface area contributed by atoms with Crippen molar-refractivity contribution in [3.05, 3.63) is 101 Å². The van der Waals surface area contributed by atoms with E-state index in [0.717, 1.165) is 27.6 Å². The number of aryl methyl sites for hydroxylation is 1. The van der Waals surface area contributed by atoms with Crippen LogP contribution in [0.5, 0.6) is 0 Å². The number of thiophene rings is 1. The second kappa shape index (κ2) is 7.27. The van der Waals surface area contributed by atoms with Crippen LogP contribution in [0.1, 0.15) is 5.56 Å². The van der Waals surface area contributed by atoms with Crippen LogP contribution in [0.3, 0.4) is 0 Å². The van der Waals surface area contributed by atoms with Crippen molar-refractivity contribution < 1.29 is 8.42 Å². The second-order valence-corrected chi connectivity index (χ2v) is 9.77. The van der Waals surface area contributed by atoms with Crippen molar-refractivity contribution in [3.63, 3.8) is 0 Å². The number of hydrogen-bond donors (Lipinski definition) is 0. The predicted molar refractivity (Wildman–Crippen MR) is 124 cm³/mol. The van der Waals surface area contributed by atoms with Crippen molar-refractivity contribution >= 4 is 32.3 Å². The SMILES string of the molecule is Cc1ccc(S(=O)(=O)n2c(-c3ccsc3)c(-c3ccccc3)c3ccccc32)cc1. The van der Waals surface area contributed by atoms with E-state index in [1.807, 2.05) is 90.5 Å². The molecule has 3 aromatic carbocycles. The van der Waals surface area contributed by atoms with Crippen molar-refractivity contribution in [2.45, 2.75) is 11.8 Å². The Bertz CT molecular complexity index is 1430. The van der Waals surface area contributed by atoms with Gasteiger partial charge in [-0.25, -0.2) is 12.4 Å². The Morgan fingerprint density at radius 3 is 2.17 bits per heavy atom. The van der Waals surface area contributed by atoms with E-state index in [1.165, 1.54) is 3.97 Å². The summed E-state index contributed by atoms with van der Waals surface area (Å²) in [5.74, 6) is 0. The Hall–Kier alpha value is -3.15. The Morgan fingerprint density at radius 2 is 1.47 bits per heavy atom. The molecule has 5 heteroatoms. The number of aromatic nitrogens is 1. The van der Waals surface area contributed by atoms with Crippen LogP contribution in [-0.2, 0) is 10.0 Å². The van der Waals surface area contributed by atoms with Crippen molar-refractivity contribution in [3.8, 4) is 22.4 Å². The lowest BCUT2D eigenvalue weighted by Gasteiger charge is -2.13. The van der Waals surface area contributed by atoms with E-state index in [4.69, 9.17) is 0 Å². The highest BCUT2D eigenvalue weighted by Gasteiger charge is 2.28. The molecular weight excluding hydrogens is 410 g/mol. The molecule has 3 nitrogen and oxygen atoms in total. The Morgan fingerprint density at radius 1 is 0.767 bits per heavy atom. The van der Waals surface area contributed by atoms with Crippen molar-refractivity contribution in [2.75, 3.05) is 0 Å². The van der Waals surface area contributed by atoms with Gasteiger partial charge in [0.25, 0.3) is 10.0 Å². The first-order valence-corrected chi connectivity index (χ1v) is 12.0. The van der Waals surface area contributed by atoms with Gasteiger partial charge in [0, 0.05) is 21.9 Å². The summed E-state index contributed by atoms with van der Waals surface area (Å²) in [6, 6.07) is 26.7.